The molecule has 0 bridgehead atoms. The summed E-state index contributed by atoms with van der Waals surface area (Å²) in [7, 11) is 1.81. The second kappa shape index (κ2) is 6.96. The van der Waals surface area contributed by atoms with Gasteiger partial charge in [0.25, 0.3) is 0 Å². The molecule has 0 aliphatic rings. The number of fused-ring (bicyclic) bond motifs is 1. The number of aliphatic hydroxyl groups is 1. The Hall–Kier alpha value is -3.84. The van der Waals surface area contributed by atoms with Crippen molar-refractivity contribution in [2.75, 3.05) is 0 Å². The Bertz CT molecular complexity index is 1280. The van der Waals surface area contributed by atoms with E-state index in [0.29, 0.717) is 22.8 Å². The third-order valence-corrected chi connectivity index (χ3v) is 4.80. The van der Waals surface area contributed by atoms with Crippen LogP contribution in [-0.2, 0) is 7.05 Å². The van der Waals surface area contributed by atoms with Crippen LogP contribution in [0.3, 0.4) is 0 Å². The standard InChI is InChI=1S/C22H19N5O2/c1-27-13-16(11-25-27)21(28)20-12-24-22(26-20)15-3-2-4-17(10-15)29-18-5-6-19-14(9-18)7-8-23-19/h2-13,21,23,28H,1H3,(H,24,26). The molecule has 1 atom stereocenters. The van der Waals surface area contributed by atoms with E-state index >= 15 is 0 Å². The van der Waals surface area contributed by atoms with E-state index < -0.39 is 6.10 Å². The van der Waals surface area contributed by atoms with Gasteiger partial charge in [-0.3, -0.25) is 4.68 Å². The van der Waals surface area contributed by atoms with Crippen LogP contribution in [0, 0.1) is 0 Å². The van der Waals surface area contributed by atoms with Crippen molar-refractivity contribution in [2.24, 2.45) is 7.05 Å². The number of aromatic amines is 2. The molecule has 0 radical (unpaired) electrons. The van der Waals surface area contributed by atoms with Crippen molar-refractivity contribution in [1.82, 2.24) is 24.7 Å². The van der Waals surface area contributed by atoms with E-state index in [0.717, 1.165) is 22.2 Å². The average Bonchev–Trinajstić information content (AvgIpc) is 3.48. The van der Waals surface area contributed by atoms with Crippen LogP contribution in [0.5, 0.6) is 11.5 Å². The Balaban J connectivity index is 1.39. The fourth-order valence-electron chi connectivity index (χ4n) is 3.32. The number of aliphatic hydroxyl groups excluding tert-OH is 1. The largest absolute Gasteiger partial charge is 0.457 e. The first-order valence-electron chi connectivity index (χ1n) is 9.23. The number of hydrogen-bond acceptors (Lipinski definition) is 4. The van der Waals surface area contributed by atoms with Crippen LogP contribution in [0.2, 0.25) is 0 Å². The Kier molecular flexibility index (Phi) is 4.14. The summed E-state index contributed by atoms with van der Waals surface area (Å²) in [6.45, 7) is 0. The zero-order valence-corrected chi connectivity index (χ0v) is 15.7. The van der Waals surface area contributed by atoms with Crippen LogP contribution in [0.4, 0.5) is 0 Å². The SMILES string of the molecule is Cn1cc(C(O)c2cnc(-c3cccc(Oc4ccc5[nH]ccc5c4)c3)[nH]2)cn1. The molecule has 5 rings (SSSR count). The van der Waals surface area contributed by atoms with Crippen LogP contribution < -0.4 is 4.74 Å². The van der Waals surface area contributed by atoms with Crippen molar-refractivity contribution in [3.05, 3.63) is 84.6 Å². The van der Waals surface area contributed by atoms with Crippen molar-refractivity contribution in [1.29, 1.82) is 0 Å². The highest BCUT2D eigenvalue weighted by Gasteiger charge is 2.16. The monoisotopic (exact) mass is 385 g/mol. The van der Waals surface area contributed by atoms with Gasteiger partial charge in [0, 0.05) is 41.5 Å². The van der Waals surface area contributed by atoms with Crippen molar-refractivity contribution < 1.29 is 9.84 Å². The number of aromatic nitrogens is 5. The van der Waals surface area contributed by atoms with Gasteiger partial charge in [0.15, 0.2) is 0 Å². The minimum Gasteiger partial charge on any atom is -0.457 e. The Labute approximate surface area is 166 Å². The first-order valence-corrected chi connectivity index (χ1v) is 9.23. The molecule has 3 aromatic heterocycles. The maximum atomic E-state index is 10.5. The second-order valence-corrected chi connectivity index (χ2v) is 6.89. The van der Waals surface area contributed by atoms with E-state index in [4.69, 9.17) is 4.74 Å². The Morgan fingerprint density at radius 1 is 1.07 bits per heavy atom. The number of H-pyrrole nitrogens is 2. The zero-order chi connectivity index (χ0) is 19.8. The molecule has 0 amide bonds. The van der Waals surface area contributed by atoms with Crippen molar-refractivity contribution >= 4 is 10.9 Å². The third kappa shape index (κ3) is 3.39. The van der Waals surface area contributed by atoms with E-state index in [1.54, 1.807) is 23.3 Å². The van der Waals surface area contributed by atoms with Crippen LogP contribution in [-0.4, -0.2) is 29.8 Å². The van der Waals surface area contributed by atoms with Crippen LogP contribution >= 0.6 is 0 Å². The summed E-state index contributed by atoms with van der Waals surface area (Å²) in [5, 5.41) is 15.7. The summed E-state index contributed by atoms with van der Waals surface area (Å²) in [5.74, 6) is 2.14. The lowest BCUT2D eigenvalue weighted by Gasteiger charge is -2.08. The second-order valence-electron chi connectivity index (χ2n) is 6.89. The van der Waals surface area contributed by atoms with Gasteiger partial charge in [-0.15, -0.1) is 0 Å². The molecule has 0 saturated carbocycles. The number of nitrogens with one attached hydrogen (secondary N) is 2. The number of aryl methyl sites for hydroxylation is 1. The third-order valence-electron chi connectivity index (χ3n) is 4.80. The van der Waals surface area contributed by atoms with Crippen LogP contribution in [0.1, 0.15) is 17.4 Å². The van der Waals surface area contributed by atoms with Gasteiger partial charge >= 0.3 is 0 Å². The molecule has 0 fully saturated rings. The van der Waals surface area contributed by atoms with E-state index in [1.807, 2.05) is 61.8 Å². The Morgan fingerprint density at radius 3 is 2.83 bits per heavy atom. The fourth-order valence-corrected chi connectivity index (χ4v) is 3.32. The number of hydrogen-bond donors (Lipinski definition) is 3. The summed E-state index contributed by atoms with van der Waals surface area (Å²) in [5.41, 5.74) is 3.26. The number of ether oxygens (including phenoxy) is 1. The molecule has 7 nitrogen and oxygen atoms in total. The molecule has 3 heterocycles. The smallest absolute Gasteiger partial charge is 0.137 e. The summed E-state index contributed by atoms with van der Waals surface area (Å²) >= 11 is 0. The number of rotatable bonds is 5. The molecule has 144 valence electrons. The maximum absolute atomic E-state index is 10.5. The van der Waals surface area contributed by atoms with Gasteiger partial charge in [0.2, 0.25) is 0 Å². The molecule has 29 heavy (non-hydrogen) atoms. The Morgan fingerprint density at radius 2 is 1.97 bits per heavy atom. The zero-order valence-electron chi connectivity index (χ0n) is 15.7. The molecular formula is C22H19N5O2. The van der Waals surface area contributed by atoms with Crippen molar-refractivity contribution in [3.8, 4) is 22.9 Å². The predicted octanol–water partition coefficient (Wildman–Crippen LogP) is 4.17. The van der Waals surface area contributed by atoms with Gasteiger partial charge in [-0.25, -0.2) is 4.98 Å². The fraction of sp³-hybridized carbons (Fsp3) is 0.0909. The molecule has 0 saturated heterocycles. The van der Waals surface area contributed by atoms with Gasteiger partial charge in [-0.1, -0.05) is 12.1 Å². The highest BCUT2D eigenvalue weighted by atomic mass is 16.5. The average molecular weight is 385 g/mol. The summed E-state index contributed by atoms with van der Waals surface area (Å²) in [4.78, 5) is 10.8. The molecule has 0 aliphatic carbocycles. The van der Waals surface area contributed by atoms with Gasteiger partial charge in [-0.2, -0.15) is 5.10 Å². The van der Waals surface area contributed by atoms with Gasteiger partial charge in [-0.05, 0) is 36.4 Å². The number of imidazole rings is 1. The highest BCUT2D eigenvalue weighted by Crippen LogP contribution is 2.29. The van der Waals surface area contributed by atoms with Crippen LogP contribution in [0.15, 0.2) is 73.3 Å². The summed E-state index contributed by atoms with van der Waals surface area (Å²) in [6, 6.07) is 15.6. The van der Waals surface area contributed by atoms with Gasteiger partial charge in [0.05, 0.1) is 18.1 Å². The van der Waals surface area contributed by atoms with E-state index in [-0.39, 0.29) is 0 Å². The van der Waals surface area contributed by atoms with Crippen molar-refractivity contribution in [3.63, 3.8) is 0 Å². The van der Waals surface area contributed by atoms with Crippen LogP contribution in [0.25, 0.3) is 22.3 Å². The summed E-state index contributed by atoms with van der Waals surface area (Å²) < 4.78 is 7.68. The molecule has 1 unspecified atom stereocenters. The first-order chi connectivity index (χ1) is 14.2. The van der Waals surface area contributed by atoms with E-state index in [9.17, 15) is 5.11 Å². The summed E-state index contributed by atoms with van der Waals surface area (Å²) in [6.07, 6.45) is 6.16. The maximum Gasteiger partial charge on any atom is 0.137 e. The lowest BCUT2D eigenvalue weighted by molar-refractivity contribution is 0.216. The minimum atomic E-state index is -0.808. The molecule has 0 spiro atoms. The van der Waals surface area contributed by atoms with Crippen molar-refractivity contribution in [2.45, 2.75) is 6.10 Å². The molecule has 7 heteroatoms. The minimum absolute atomic E-state index is 0.609. The highest BCUT2D eigenvalue weighted by molar-refractivity contribution is 5.80. The molecule has 2 aromatic carbocycles. The number of benzene rings is 2. The topological polar surface area (TPSA) is 91.8 Å². The first kappa shape index (κ1) is 17.3. The molecule has 5 aromatic rings. The van der Waals surface area contributed by atoms with Gasteiger partial charge in [0.1, 0.15) is 23.4 Å². The number of nitrogens with zero attached hydrogens (tertiary/aromatic N) is 3. The van der Waals surface area contributed by atoms with E-state index in [1.165, 1.54) is 0 Å². The normalized spacial score (nSPS) is 12.3. The molecular weight excluding hydrogens is 366 g/mol. The predicted molar refractivity (Wildman–Crippen MR) is 110 cm³/mol. The van der Waals surface area contributed by atoms with E-state index in [2.05, 4.69) is 20.1 Å². The quantitative estimate of drug-likeness (QED) is 0.423. The lowest BCUT2D eigenvalue weighted by atomic mass is 10.1. The lowest BCUT2D eigenvalue weighted by Crippen LogP contribution is -1.98. The molecule has 3 N–H and O–H groups in total. The molecule has 0 aliphatic heterocycles. The van der Waals surface area contributed by atoms with Gasteiger partial charge < -0.3 is 19.8 Å².